The van der Waals surface area contributed by atoms with Gasteiger partial charge in [0.15, 0.2) is 0 Å². The topological polar surface area (TPSA) is 105 Å². The van der Waals surface area contributed by atoms with Crippen molar-refractivity contribution in [1.82, 2.24) is 10.6 Å². The van der Waals surface area contributed by atoms with Gasteiger partial charge in [-0.05, 0) is 47.9 Å². The Labute approximate surface area is 193 Å². The van der Waals surface area contributed by atoms with Crippen LogP contribution in [0, 0.1) is 11.8 Å². The minimum Gasteiger partial charge on any atom is -0.481 e. The molecule has 0 spiro atoms. The quantitative estimate of drug-likeness (QED) is 0.565. The Morgan fingerprint density at radius 1 is 1.03 bits per heavy atom. The molecule has 2 unspecified atom stereocenters. The van der Waals surface area contributed by atoms with Crippen LogP contribution in [0.4, 0.5) is 4.79 Å². The summed E-state index contributed by atoms with van der Waals surface area (Å²) in [6.45, 7) is 2.32. The minimum absolute atomic E-state index is 0.0182. The number of benzene rings is 2. The van der Waals surface area contributed by atoms with Gasteiger partial charge in [0.25, 0.3) is 0 Å². The number of amides is 2. The fourth-order valence-corrected chi connectivity index (χ4v) is 5.09. The van der Waals surface area contributed by atoms with Crippen molar-refractivity contribution in [3.8, 4) is 11.1 Å². The molecule has 0 bridgehead atoms. The van der Waals surface area contributed by atoms with E-state index in [0.717, 1.165) is 24.0 Å². The summed E-state index contributed by atoms with van der Waals surface area (Å²) in [6, 6.07) is 15.9. The second kappa shape index (κ2) is 10.1. The second-order valence-corrected chi connectivity index (χ2v) is 9.01. The molecule has 4 rings (SSSR count). The van der Waals surface area contributed by atoms with Gasteiger partial charge in [-0.25, -0.2) is 4.79 Å². The number of aliphatic carboxylic acids is 1. The number of carbonyl (C=O) groups is 3. The lowest BCUT2D eigenvalue weighted by Crippen LogP contribution is -2.39. The summed E-state index contributed by atoms with van der Waals surface area (Å²) in [4.78, 5) is 35.9. The highest BCUT2D eigenvalue weighted by Crippen LogP contribution is 2.44. The third kappa shape index (κ3) is 5.18. The van der Waals surface area contributed by atoms with Crippen LogP contribution in [0.25, 0.3) is 11.1 Å². The standard InChI is InChI=1S/C26H30N2O5/c1-16(13-24(29)27-14-17-7-6-12-18(17)25(30)31)28-26(32)33-15-23-21-10-4-2-8-19(21)20-9-3-5-11-22(20)23/h2-5,8-11,16-18,23H,6-7,12-15H2,1H3,(H,27,29)(H,28,32)(H,30,31)/t16-,17?,18?/m1/s1. The van der Waals surface area contributed by atoms with Gasteiger partial charge in [-0.15, -0.1) is 0 Å². The van der Waals surface area contributed by atoms with E-state index in [1.165, 1.54) is 11.1 Å². The molecule has 0 aliphatic heterocycles. The Morgan fingerprint density at radius 2 is 1.67 bits per heavy atom. The number of nitrogens with one attached hydrogen (secondary N) is 2. The molecule has 2 aromatic rings. The van der Waals surface area contributed by atoms with Gasteiger partial charge in [-0.3, -0.25) is 9.59 Å². The molecular formula is C26H30N2O5. The predicted octanol–water partition coefficient (Wildman–Crippen LogP) is 3.92. The summed E-state index contributed by atoms with van der Waals surface area (Å²) in [5.41, 5.74) is 4.62. The van der Waals surface area contributed by atoms with Crippen molar-refractivity contribution < 1.29 is 24.2 Å². The predicted molar refractivity (Wildman–Crippen MR) is 124 cm³/mol. The molecule has 1 fully saturated rings. The molecule has 0 saturated heterocycles. The van der Waals surface area contributed by atoms with Gasteiger partial charge in [0, 0.05) is 24.9 Å². The maximum atomic E-state index is 12.4. The Hall–Kier alpha value is -3.35. The van der Waals surface area contributed by atoms with E-state index >= 15 is 0 Å². The van der Waals surface area contributed by atoms with Crippen molar-refractivity contribution in [1.29, 1.82) is 0 Å². The number of ether oxygens (including phenoxy) is 1. The number of fused-ring (bicyclic) bond motifs is 3. The normalized spacial score (nSPS) is 19.9. The molecular weight excluding hydrogens is 420 g/mol. The number of hydrogen-bond donors (Lipinski definition) is 3. The molecule has 3 N–H and O–H groups in total. The van der Waals surface area contributed by atoms with Gasteiger partial charge < -0.3 is 20.5 Å². The van der Waals surface area contributed by atoms with Crippen molar-refractivity contribution in [2.24, 2.45) is 11.8 Å². The van der Waals surface area contributed by atoms with E-state index in [-0.39, 0.29) is 36.7 Å². The van der Waals surface area contributed by atoms with Crippen LogP contribution in [0.15, 0.2) is 48.5 Å². The third-order valence-corrected chi connectivity index (χ3v) is 6.74. The second-order valence-electron chi connectivity index (χ2n) is 9.01. The zero-order valence-corrected chi connectivity index (χ0v) is 18.8. The molecule has 7 nitrogen and oxygen atoms in total. The molecule has 1 saturated carbocycles. The summed E-state index contributed by atoms with van der Waals surface area (Å²) >= 11 is 0. The summed E-state index contributed by atoms with van der Waals surface area (Å²) in [5.74, 6) is -1.44. The largest absolute Gasteiger partial charge is 0.481 e. The number of hydrogen-bond acceptors (Lipinski definition) is 4. The highest BCUT2D eigenvalue weighted by atomic mass is 16.5. The van der Waals surface area contributed by atoms with Crippen LogP contribution in [0.5, 0.6) is 0 Å². The lowest BCUT2D eigenvalue weighted by molar-refractivity contribution is -0.143. The van der Waals surface area contributed by atoms with Crippen molar-refractivity contribution in [2.75, 3.05) is 13.2 Å². The van der Waals surface area contributed by atoms with Crippen molar-refractivity contribution >= 4 is 18.0 Å². The zero-order chi connectivity index (χ0) is 23.4. The van der Waals surface area contributed by atoms with Crippen LogP contribution < -0.4 is 10.6 Å². The Bertz CT molecular complexity index is 991. The van der Waals surface area contributed by atoms with Crippen LogP contribution in [0.1, 0.15) is 49.7 Å². The maximum Gasteiger partial charge on any atom is 0.407 e. The van der Waals surface area contributed by atoms with E-state index in [0.29, 0.717) is 13.0 Å². The number of alkyl carbamates (subject to hydrolysis) is 1. The van der Waals surface area contributed by atoms with Crippen molar-refractivity contribution in [2.45, 2.75) is 44.6 Å². The molecule has 2 amide bonds. The Kier molecular flexibility index (Phi) is 6.96. The molecule has 2 aliphatic rings. The van der Waals surface area contributed by atoms with Crippen LogP contribution in [-0.4, -0.2) is 42.3 Å². The number of rotatable bonds is 8. The molecule has 0 aromatic heterocycles. The lowest BCUT2D eigenvalue weighted by Gasteiger charge is -2.19. The van der Waals surface area contributed by atoms with Gasteiger partial charge in [0.1, 0.15) is 6.61 Å². The smallest absolute Gasteiger partial charge is 0.407 e. The van der Waals surface area contributed by atoms with Crippen LogP contribution in [0.3, 0.4) is 0 Å². The third-order valence-electron chi connectivity index (χ3n) is 6.74. The van der Waals surface area contributed by atoms with Gasteiger partial charge in [-0.1, -0.05) is 55.0 Å². The maximum absolute atomic E-state index is 12.4. The summed E-state index contributed by atoms with van der Waals surface area (Å²) in [6.07, 6.45) is 1.89. The number of carboxylic acid groups (broad SMARTS) is 1. The van der Waals surface area contributed by atoms with Crippen LogP contribution in [0.2, 0.25) is 0 Å². The van der Waals surface area contributed by atoms with E-state index in [9.17, 15) is 19.5 Å². The first-order valence-electron chi connectivity index (χ1n) is 11.5. The van der Waals surface area contributed by atoms with E-state index in [1.54, 1.807) is 6.92 Å². The molecule has 2 aliphatic carbocycles. The average Bonchev–Trinajstić information content (AvgIpc) is 3.39. The number of carboxylic acids is 1. The molecule has 7 heteroatoms. The molecule has 33 heavy (non-hydrogen) atoms. The molecule has 3 atom stereocenters. The Morgan fingerprint density at radius 3 is 2.30 bits per heavy atom. The average molecular weight is 451 g/mol. The fraction of sp³-hybridized carbons (Fsp3) is 0.423. The lowest BCUT2D eigenvalue weighted by atomic mass is 9.96. The van der Waals surface area contributed by atoms with Gasteiger partial charge in [0.2, 0.25) is 5.91 Å². The van der Waals surface area contributed by atoms with E-state index in [2.05, 4.69) is 34.9 Å². The molecule has 0 heterocycles. The fourth-order valence-electron chi connectivity index (χ4n) is 5.09. The summed E-state index contributed by atoms with van der Waals surface area (Å²) in [5, 5.41) is 14.8. The SMILES string of the molecule is C[C@H](CC(=O)NCC1CCCC1C(=O)O)NC(=O)OCC1c2ccccc2-c2ccccc21. The first kappa shape index (κ1) is 22.8. The van der Waals surface area contributed by atoms with E-state index < -0.39 is 18.1 Å². The first-order chi connectivity index (χ1) is 15.9. The van der Waals surface area contributed by atoms with Gasteiger partial charge in [-0.2, -0.15) is 0 Å². The first-order valence-corrected chi connectivity index (χ1v) is 11.5. The molecule has 174 valence electrons. The summed E-state index contributed by atoms with van der Waals surface area (Å²) in [7, 11) is 0. The van der Waals surface area contributed by atoms with Gasteiger partial charge in [0.05, 0.1) is 5.92 Å². The van der Waals surface area contributed by atoms with Crippen molar-refractivity contribution in [3.05, 3.63) is 59.7 Å². The van der Waals surface area contributed by atoms with Crippen LogP contribution in [-0.2, 0) is 14.3 Å². The van der Waals surface area contributed by atoms with Crippen LogP contribution >= 0.6 is 0 Å². The monoisotopic (exact) mass is 450 g/mol. The highest BCUT2D eigenvalue weighted by Gasteiger charge is 2.33. The van der Waals surface area contributed by atoms with E-state index in [4.69, 9.17) is 4.74 Å². The molecule has 0 radical (unpaired) electrons. The zero-order valence-electron chi connectivity index (χ0n) is 18.8. The molecule has 2 aromatic carbocycles. The summed E-state index contributed by atoms with van der Waals surface area (Å²) < 4.78 is 5.53. The Balaban J connectivity index is 1.24. The van der Waals surface area contributed by atoms with Gasteiger partial charge >= 0.3 is 12.1 Å². The highest BCUT2D eigenvalue weighted by molar-refractivity contribution is 5.79. The minimum atomic E-state index is -0.794. The number of carbonyl (C=O) groups excluding carboxylic acids is 2. The van der Waals surface area contributed by atoms with E-state index in [1.807, 2.05) is 24.3 Å². The van der Waals surface area contributed by atoms with Crippen molar-refractivity contribution in [3.63, 3.8) is 0 Å².